The number of unbranched alkanes of at least 4 members (excludes halogenated alkanes) is 1. The molecule has 0 fully saturated rings. The van der Waals surface area contributed by atoms with Gasteiger partial charge in [-0.05, 0) is 19.6 Å². The predicted octanol–water partition coefficient (Wildman–Crippen LogP) is 2.74. The highest BCUT2D eigenvalue weighted by Crippen LogP contribution is 2.08. The first-order chi connectivity index (χ1) is 5.76. The summed E-state index contributed by atoms with van der Waals surface area (Å²) in [4.78, 5) is 14.5. The zero-order valence-electron chi connectivity index (χ0n) is 7.97. The van der Waals surface area contributed by atoms with Crippen molar-refractivity contribution < 1.29 is 4.79 Å². The van der Waals surface area contributed by atoms with E-state index in [9.17, 15) is 4.79 Å². The van der Waals surface area contributed by atoms with Crippen LogP contribution in [0.4, 0.5) is 0 Å². The number of carbonyl (C=O) groups is 1. The molecule has 0 aromatic rings. The molecule has 0 aliphatic rings. The molecule has 12 heavy (non-hydrogen) atoms. The molecule has 0 rings (SSSR count). The number of hydrogen-bond donors (Lipinski definition) is 0. The standard InChI is InChI=1S/C10H17NO/c1-4-6-8-9(7-5-2)10(12)11-3/h8H,3-7H2,1-2H3. The van der Waals surface area contributed by atoms with Gasteiger partial charge in [-0.2, -0.15) is 0 Å². The van der Waals surface area contributed by atoms with Crippen molar-refractivity contribution in [1.29, 1.82) is 0 Å². The van der Waals surface area contributed by atoms with Crippen molar-refractivity contribution in [2.24, 2.45) is 4.99 Å². The number of carbonyl (C=O) groups excluding carboxylic acids is 1. The minimum Gasteiger partial charge on any atom is -0.267 e. The van der Waals surface area contributed by atoms with Gasteiger partial charge in [0.15, 0.2) is 0 Å². The van der Waals surface area contributed by atoms with E-state index in [4.69, 9.17) is 0 Å². The molecular weight excluding hydrogens is 150 g/mol. The Morgan fingerprint density at radius 1 is 1.42 bits per heavy atom. The van der Waals surface area contributed by atoms with E-state index >= 15 is 0 Å². The van der Waals surface area contributed by atoms with Gasteiger partial charge in [0.2, 0.25) is 0 Å². The fourth-order valence-corrected chi connectivity index (χ4v) is 0.986. The summed E-state index contributed by atoms with van der Waals surface area (Å²) >= 11 is 0. The van der Waals surface area contributed by atoms with Crippen LogP contribution in [0.25, 0.3) is 0 Å². The molecule has 2 heteroatoms. The Kier molecular flexibility index (Phi) is 6.25. The lowest BCUT2D eigenvalue weighted by Gasteiger charge is -1.99. The number of aliphatic imine (C=N–C) groups is 1. The predicted molar refractivity (Wildman–Crippen MR) is 52.5 cm³/mol. The summed E-state index contributed by atoms with van der Waals surface area (Å²) in [7, 11) is 0. The van der Waals surface area contributed by atoms with Crippen LogP contribution in [0.3, 0.4) is 0 Å². The van der Waals surface area contributed by atoms with E-state index in [-0.39, 0.29) is 5.91 Å². The van der Waals surface area contributed by atoms with E-state index in [1.807, 2.05) is 6.08 Å². The van der Waals surface area contributed by atoms with Crippen molar-refractivity contribution in [3.05, 3.63) is 11.6 Å². The highest BCUT2D eigenvalue weighted by atomic mass is 16.1. The summed E-state index contributed by atoms with van der Waals surface area (Å²) in [6, 6.07) is 0. The monoisotopic (exact) mass is 167 g/mol. The molecule has 0 N–H and O–H groups in total. The summed E-state index contributed by atoms with van der Waals surface area (Å²) in [5.74, 6) is -0.162. The Morgan fingerprint density at radius 2 is 2.08 bits per heavy atom. The Bertz CT molecular complexity index is 182. The molecule has 0 unspecified atom stereocenters. The summed E-state index contributed by atoms with van der Waals surface area (Å²) in [6.07, 6.45) is 5.80. The maximum absolute atomic E-state index is 11.1. The van der Waals surface area contributed by atoms with E-state index in [0.29, 0.717) is 0 Å². The van der Waals surface area contributed by atoms with Crippen molar-refractivity contribution in [3.63, 3.8) is 0 Å². The van der Waals surface area contributed by atoms with Gasteiger partial charge in [-0.25, -0.2) is 4.99 Å². The Hall–Kier alpha value is -0.920. The van der Waals surface area contributed by atoms with Gasteiger partial charge in [-0.3, -0.25) is 4.79 Å². The van der Waals surface area contributed by atoms with Crippen LogP contribution in [0.5, 0.6) is 0 Å². The molecule has 68 valence electrons. The maximum Gasteiger partial charge on any atom is 0.271 e. The average Bonchev–Trinajstić information content (AvgIpc) is 2.11. The molecule has 0 aliphatic carbocycles. The van der Waals surface area contributed by atoms with Crippen LogP contribution < -0.4 is 0 Å². The van der Waals surface area contributed by atoms with Crippen LogP contribution in [-0.4, -0.2) is 12.6 Å². The molecular formula is C10H17NO. The third-order valence-electron chi connectivity index (χ3n) is 1.62. The smallest absolute Gasteiger partial charge is 0.267 e. The lowest BCUT2D eigenvalue weighted by atomic mass is 10.1. The van der Waals surface area contributed by atoms with E-state index < -0.39 is 0 Å². The van der Waals surface area contributed by atoms with Gasteiger partial charge < -0.3 is 0 Å². The first-order valence-electron chi connectivity index (χ1n) is 4.46. The quantitative estimate of drug-likeness (QED) is 0.457. The fourth-order valence-electron chi connectivity index (χ4n) is 0.986. The molecule has 0 aromatic heterocycles. The number of amides is 1. The summed E-state index contributed by atoms with van der Waals surface area (Å²) < 4.78 is 0. The highest BCUT2D eigenvalue weighted by molar-refractivity contribution is 5.96. The third kappa shape index (κ3) is 4.06. The molecule has 0 atom stereocenters. The van der Waals surface area contributed by atoms with Crippen molar-refractivity contribution in [2.45, 2.75) is 39.5 Å². The third-order valence-corrected chi connectivity index (χ3v) is 1.62. The van der Waals surface area contributed by atoms with E-state index in [1.165, 1.54) is 0 Å². The first kappa shape index (κ1) is 11.1. The van der Waals surface area contributed by atoms with Crippen molar-refractivity contribution in [1.82, 2.24) is 0 Å². The lowest BCUT2D eigenvalue weighted by molar-refractivity contribution is -0.114. The molecule has 0 saturated carbocycles. The largest absolute Gasteiger partial charge is 0.271 e. The minimum atomic E-state index is -0.162. The SMILES string of the molecule is C=NC(=O)C(=CCCC)CCC. The van der Waals surface area contributed by atoms with Gasteiger partial charge in [0.25, 0.3) is 5.91 Å². The van der Waals surface area contributed by atoms with Crippen molar-refractivity contribution in [3.8, 4) is 0 Å². The first-order valence-corrected chi connectivity index (χ1v) is 4.46. The van der Waals surface area contributed by atoms with Crippen LogP contribution in [0.2, 0.25) is 0 Å². The maximum atomic E-state index is 11.1. The second kappa shape index (κ2) is 6.77. The molecule has 0 bridgehead atoms. The fraction of sp³-hybridized carbons (Fsp3) is 0.600. The zero-order valence-corrected chi connectivity index (χ0v) is 7.97. The lowest BCUT2D eigenvalue weighted by Crippen LogP contribution is -1.97. The van der Waals surface area contributed by atoms with Gasteiger partial charge in [0, 0.05) is 5.57 Å². The Balaban J connectivity index is 4.20. The average molecular weight is 167 g/mol. The molecule has 0 spiro atoms. The van der Waals surface area contributed by atoms with Gasteiger partial charge in [-0.15, -0.1) is 0 Å². The van der Waals surface area contributed by atoms with Gasteiger partial charge in [0.1, 0.15) is 0 Å². The van der Waals surface area contributed by atoms with Crippen LogP contribution in [-0.2, 0) is 4.79 Å². The van der Waals surface area contributed by atoms with Gasteiger partial charge in [-0.1, -0.05) is 32.8 Å². The van der Waals surface area contributed by atoms with Crippen LogP contribution in [0.1, 0.15) is 39.5 Å². The summed E-state index contributed by atoms with van der Waals surface area (Å²) in [5, 5.41) is 0. The van der Waals surface area contributed by atoms with Gasteiger partial charge >= 0.3 is 0 Å². The second-order valence-corrected chi connectivity index (χ2v) is 2.73. The number of hydrogen-bond acceptors (Lipinski definition) is 1. The minimum absolute atomic E-state index is 0.162. The van der Waals surface area contributed by atoms with Crippen LogP contribution in [0.15, 0.2) is 16.6 Å². The summed E-state index contributed by atoms with van der Waals surface area (Å²) in [5.41, 5.74) is 0.814. The topological polar surface area (TPSA) is 29.4 Å². The zero-order chi connectivity index (χ0) is 9.40. The second-order valence-electron chi connectivity index (χ2n) is 2.73. The normalized spacial score (nSPS) is 11.3. The molecule has 0 radical (unpaired) electrons. The van der Waals surface area contributed by atoms with Crippen LogP contribution >= 0.6 is 0 Å². The number of allylic oxidation sites excluding steroid dienone is 1. The van der Waals surface area contributed by atoms with E-state index in [2.05, 4.69) is 25.6 Å². The Morgan fingerprint density at radius 3 is 2.50 bits per heavy atom. The summed E-state index contributed by atoms with van der Waals surface area (Å²) in [6.45, 7) is 7.37. The molecule has 1 amide bonds. The highest BCUT2D eigenvalue weighted by Gasteiger charge is 2.03. The molecule has 2 nitrogen and oxygen atoms in total. The van der Waals surface area contributed by atoms with Gasteiger partial charge in [0.05, 0.1) is 0 Å². The molecule has 0 aromatic carbocycles. The molecule has 0 heterocycles. The molecule has 0 saturated heterocycles. The Labute approximate surface area is 74.4 Å². The van der Waals surface area contributed by atoms with Crippen LogP contribution in [0, 0.1) is 0 Å². The van der Waals surface area contributed by atoms with Crippen molar-refractivity contribution >= 4 is 12.6 Å². The number of nitrogens with zero attached hydrogens (tertiary/aromatic N) is 1. The molecule has 0 aliphatic heterocycles. The van der Waals surface area contributed by atoms with E-state index in [0.717, 1.165) is 31.3 Å². The number of rotatable bonds is 5. The van der Waals surface area contributed by atoms with E-state index in [1.54, 1.807) is 0 Å². The van der Waals surface area contributed by atoms with Crippen molar-refractivity contribution in [2.75, 3.05) is 0 Å².